The number of nitrogens with one attached hydrogen (secondary N) is 1. The zero-order chi connectivity index (χ0) is 26.4. The first-order valence-corrected chi connectivity index (χ1v) is 12.8. The average Bonchev–Trinajstić information content (AvgIpc) is 3.64. The molecular weight excluding hydrogens is 508 g/mol. The molecule has 38 heavy (non-hydrogen) atoms. The Hall–Kier alpha value is -3.96. The van der Waals surface area contributed by atoms with Crippen molar-refractivity contribution in [2.45, 2.75) is 24.8 Å². The summed E-state index contributed by atoms with van der Waals surface area (Å²) < 4.78 is 7.39. The predicted octanol–water partition coefficient (Wildman–Crippen LogP) is 4.78. The van der Waals surface area contributed by atoms with Gasteiger partial charge in [-0.25, -0.2) is 14.5 Å². The molecule has 5 heterocycles. The van der Waals surface area contributed by atoms with Crippen LogP contribution in [0.5, 0.6) is 5.75 Å². The molecule has 1 aromatic carbocycles. The van der Waals surface area contributed by atoms with Gasteiger partial charge in [-0.15, -0.1) is 0 Å². The number of pyridine rings is 1. The summed E-state index contributed by atoms with van der Waals surface area (Å²) in [6.45, 7) is 2.56. The molecule has 0 amide bonds. The van der Waals surface area contributed by atoms with Gasteiger partial charge < -0.3 is 15.0 Å². The fourth-order valence-electron chi connectivity index (χ4n) is 5.73. The molecular formula is C26H27ClN8O3. The minimum atomic E-state index is -0.351. The topological polar surface area (TPSA) is 114 Å². The Morgan fingerprint density at radius 3 is 2.84 bits per heavy atom. The second-order valence-corrected chi connectivity index (χ2v) is 10.2. The van der Waals surface area contributed by atoms with Gasteiger partial charge in [-0.2, -0.15) is 5.10 Å². The highest BCUT2D eigenvalue weighted by Crippen LogP contribution is 2.44. The van der Waals surface area contributed by atoms with E-state index in [0.717, 1.165) is 50.0 Å². The van der Waals surface area contributed by atoms with Crippen molar-refractivity contribution in [1.82, 2.24) is 24.5 Å². The lowest BCUT2D eigenvalue weighted by Gasteiger charge is -2.32. The molecule has 1 atom stereocenters. The predicted molar refractivity (Wildman–Crippen MR) is 146 cm³/mol. The van der Waals surface area contributed by atoms with Crippen molar-refractivity contribution in [3.8, 4) is 17.0 Å². The lowest BCUT2D eigenvalue weighted by atomic mass is 9.96. The van der Waals surface area contributed by atoms with Crippen LogP contribution in [-0.2, 0) is 0 Å². The molecule has 196 valence electrons. The van der Waals surface area contributed by atoms with Crippen LogP contribution in [0, 0.1) is 10.1 Å². The lowest BCUT2D eigenvalue weighted by Crippen LogP contribution is -2.43. The molecule has 3 aromatic heterocycles. The van der Waals surface area contributed by atoms with Gasteiger partial charge in [0.2, 0.25) is 5.95 Å². The first-order valence-electron chi connectivity index (χ1n) is 12.4. The number of hydrogen-bond acceptors (Lipinski definition) is 9. The maximum atomic E-state index is 12.2. The smallest absolute Gasteiger partial charge is 0.294 e. The van der Waals surface area contributed by atoms with Gasteiger partial charge in [0.05, 0.1) is 46.3 Å². The molecule has 0 aliphatic carbocycles. The van der Waals surface area contributed by atoms with Crippen LogP contribution in [0.15, 0.2) is 48.9 Å². The molecule has 11 nitrogen and oxygen atoms in total. The van der Waals surface area contributed by atoms with E-state index in [1.807, 2.05) is 24.4 Å². The molecule has 1 N–H and O–H groups in total. The van der Waals surface area contributed by atoms with Gasteiger partial charge in [-0.3, -0.25) is 15.0 Å². The first kappa shape index (κ1) is 24.4. The highest BCUT2D eigenvalue weighted by atomic mass is 35.5. The quantitative estimate of drug-likeness (QED) is 0.275. The molecule has 0 radical (unpaired) electrons. The van der Waals surface area contributed by atoms with Gasteiger partial charge in [-0.05, 0) is 45.0 Å². The molecule has 2 aliphatic rings. The van der Waals surface area contributed by atoms with Gasteiger partial charge in [-0.1, -0.05) is 17.7 Å². The van der Waals surface area contributed by atoms with Crippen molar-refractivity contribution in [2.24, 2.45) is 0 Å². The Balaban J connectivity index is 1.35. The minimum Gasteiger partial charge on any atom is -0.494 e. The molecule has 1 spiro atoms. The third-order valence-electron chi connectivity index (χ3n) is 7.78. The second kappa shape index (κ2) is 9.41. The van der Waals surface area contributed by atoms with E-state index >= 15 is 0 Å². The highest BCUT2D eigenvalue weighted by molar-refractivity contribution is 6.33. The van der Waals surface area contributed by atoms with E-state index in [1.165, 1.54) is 12.3 Å². The Morgan fingerprint density at radius 2 is 2.08 bits per heavy atom. The van der Waals surface area contributed by atoms with Gasteiger partial charge in [0, 0.05) is 42.5 Å². The summed E-state index contributed by atoms with van der Waals surface area (Å²) in [5.41, 5.74) is 3.11. The molecule has 1 unspecified atom stereocenters. The standard InChI is InChI=1S/C26H27ClN8O3/c1-32-9-5-7-26(32)8-11-33(16-26)21-13-23(38-2)19(12-22(21)35(36)37)30-25-28-15-18(27)24(31-25)17-14-29-34-10-4-3-6-20(17)34/h3-4,6,10,12-15H,5,7-9,11,16H2,1-2H3,(H,28,30,31). The van der Waals surface area contributed by atoms with E-state index in [0.29, 0.717) is 27.8 Å². The van der Waals surface area contributed by atoms with Crippen LogP contribution in [0.4, 0.5) is 23.0 Å². The van der Waals surface area contributed by atoms with E-state index < -0.39 is 0 Å². The van der Waals surface area contributed by atoms with Crippen LogP contribution < -0.4 is 15.0 Å². The fraction of sp³-hybridized carbons (Fsp3) is 0.346. The van der Waals surface area contributed by atoms with E-state index in [2.05, 4.69) is 37.2 Å². The average molecular weight is 535 g/mol. The van der Waals surface area contributed by atoms with Crippen molar-refractivity contribution in [3.05, 3.63) is 64.1 Å². The number of nitro benzene ring substituents is 1. The first-order chi connectivity index (χ1) is 18.4. The summed E-state index contributed by atoms with van der Waals surface area (Å²) in [7, 11) is 3.69. The molecule has 6 rings (SSSR count). The fourth-order valence-corrected chi connectivity index (χ4v) is 5.92. The largest absolute Gasteiger partial charge is 0.494 e. The molecule has 0 saturated carbocycles. The number of likely N-dealkylation sites (tertiary alicyclic amines) is 1. The molecule has 0 bridgehead atoms. The van der Waals surface area contributed by atoms with Crippen LogP contribution in [-0.4, -0.2) is 68.7 Å². The van der Waals surface area contributed by atoms with Crippen LogP contribution in [0.3, 0.4) is 0 Å². The summed E-state index contributed by atoms with van der Waals surface area (Å²) >= 11 is 6.46. The number of aromatic nitrogens is 4. The summed E-state index contributed by atoms with van der Waals surface area (Å²) in [6.07, 6.45) is 8.26. The van der Waals surface area contributed by atoms with Crippen LogP contribution in [0.1, 0.15) is 19.3 Å². The number of anilines is 3. The number of nitrogens with zero attached hydrogens (tertiary/aromatic N) is 7. The summed E-state index contributed by atoms with van der Waals surface area (Å²) in [4.78, 5) is 25.3. The summed E-state index contributed by atoms with van der Waals surface area (Å²) in [5, 5.41) is 20.0. The number of nitro groups is 1. The van der Waals surface area contributed by atoms with Gasteiger partial charge in [0.1, 0.15) is 11.4 Å². The van der Waals surface area contributed by atoms with Crippen LogP contribution >= 0.6 is 11.6 Å². The van der Waals surface area contributed by atoms with Gasteiger partial charge in [0.25, 0.3) is 5.69 Å². The van der Waals surface area contributed by atoms with Crippen LogP contribution in [0.25, 0.3) is 16.8 Å². The lowest BCUT2D eigenvalue weighted by molar-refractivity contribution is -0.384. The number of ether oxygens (including phenoxy) is 1. The van der Waals surface area contributed by atoms with Crippen molar-refractivity contribution >= 4 is 40.1 Å². The van der Waals surface area contributed by atoms with Gasteiger partial charge in [0.15, 0.2) is 0 Å². The zero-order valence-electron chi connectivity index (χ0n) is 21.1. The SMILES string of the molecule is COc1cc(N2CCC3(CCCN3C)C2)c([N+](=O)[O-])cc1Nc1ncc(Cl)c(-c2cnn3ccccc23)n1. The molecule has 2 fully saturated rings. The normalized spacial score (nSPS) is 19.5. The Morgan fingerprint density at radius 1 is 1.21 bits per heavy atom. The highest BCUT2D eigenvalue weighted by Gasteiger charge is 2.45. The Bertz CT molecular complexity index is 1540. The maximum absolute atomic E-state index is 12.2. The van der Waals surface area contributed by atoms with Crippen LogP contribution in [0.2, 0.25) is 5.02 Å². The minimum absolute atomic E-state index is 0.00261. The van der Waals surface area contributed by atoms with E-state index in [9.17, 15) is 10.1 Å². The van der Waals surface area contributed by atoms with Crippen molar-refractivity contribution in [2.75, 3.05) is 44.0 Å². The molecule has 2 saturated heterocycles. The van der Waals surface area contributed by atoms with Crippen molar-refractivity contribution in [3.63, 3.8) is 0 Å². The third-order valence-corrected chi connectivity index (χ3v) is 8.06. The number of benzene rings is 1. The molecule has 12 heteroatoms. The van der Waals surface area contributed by atoms with E-state index in [-0.39, 0.29) is 22.1 Å². The zero-order valence-corrected chi connectivity index (χ0v) is 21.9. The number of fused-ring (bicyclic) bond motifs is 1. The summed E-state index contributed by atoms with van der Waals surface area (Å²) in [6, 6.07) is 8.94. The number of rotatable bonds is 6. The Kier molecular flexibility index (Phi) is 6.04. The molecule has 2 aliphatic heterocycles. The number of hydrogen-bond donors (Lipinski definition) is 1. The number of halogens is 1. The number of methoxy groups -OCH3 is 1. The monoisotopic (exact) mass is 534 g/mol. The van der Waals surface area contributed by atoms with E-state index in [4.69, 9.17) is 16.3 Å². The Labute approximate surface area is 224 Å². The van der Waals surface area contributed by atoms with Crippen molar-refractivity contribution < 1.29 is 9.66 Å². The van der Waals surface area contributed by atoms with E-state index in [1.54, 1.807) is 23.9 Å². The third kappa shape index (κ3) is 4.07. The second-order valence-electron chi connectivity index (χ2n) is 9.82. The van der Waals surface area contributed by atoms with Gasteiger partial charge >= 0.3 is 0 Å². The van der Waals surface area contributed by atoms with Crippen molar-refractivity contribution in [1.29, 1.82) is 0 Å². The maximum Gasteiger partial charge on any atom is 0.294 e. The summed E-state index contributed by atoms with van der Waals surface area (Å²) in [5.74, 6) is 0.690. The number of likely N-dealkylation sites (N-methyl/N-ethyl adjacent to an activating group) is 1. The molecule has 4 aromatic rings.